The summed E-state index contributed by atoms with van der Waals surface area (Å²) in [6, 6.07) is -1.26. The van der Waals surface area contributed by atoms with E-state index in [9.17, 15) is 19.2 Å². The van der Waals surface area contributed by atoms with Crippen LogP contribution in [0.4, 0.5) is 0 Å². The molecule has 0 aliphatic heterocycles. The molecule has 47 heavy (non-hydrogen) atoms. The molecule has 0 aromatic carbocycles. The summed E-state index contributed by atoms with van der Waals surface area (Å²) in [5, 5.41) is 5.73. The maximum atomic E-state index is 12.8. The van der Waals surface area contributed by atoms with E-state index in [0.717, 1.165) is 44.3 Å². The molecule has 1 aliphatic carbocycles. The molecule has 0 radical (unpaired) electrons. The van der Waals surface area contributed by atoms with Gasteiger partial charge in [0.05, 0.1) is 37.5 Å². The Morgan fingerprint density at radius 2 is 1.28 bits per heavy atom. The van der Waals surface area contributed by atoms with Crippen molar-refractivity contribution in [2.24, 2.45) is 0 Å². The molecule has 9 heteroatoms. The number of amides is 2. The van der Waals surface area contributed by atoms with Gasteiger partial charge in [0.1, 0.15) is 0 Å². The van der Waals surface area contributed by atoms with Gasteiger partial charge in [-0.3, -0.25) is 9.59 Å². The number of ether oxygens (including phenoxy) is 3. The fraction of sp³-hybridized carbons (Fsp3) is 0.789. The molecule has 0 spiro atoms. The van der Waals surface area contributed by atoms with Crippen LogP contribution in [0.3, 0.4) is 0 Å². The lowest BCUT2D eigenvalue weighted by atomic mass is 9.87. The second kappa shape index (κ2) is 27.3. The lowest BCUT2D eigenvalue weighted by Crippen LogP contribution is -2.59. The van der Waals surface area contributed by atoms with Crippen LogP contribution >= 0.6 is 0 Å². The normalized spacial score (nSPS) is 17.8. The summed E-state index contributed by atoms with van der Waals surface area (Å²) in [4.78, 5) is 49.7. The smallest absolute Gasteiger partial charge is 0.333 e. The Morgan fingerprint density at radius 3 is 1.77 bits per heavy atom. The van der Waals surface area contributed by atoms with Crippen molar-refractivity contribution < 1.29 is 33.4 Å². The van der Waals surface area contributed by atoms with Gasteiger partial charge in [-0.1, -0.05) is 117 Å². The fourth-order valence-electron chi connectivity index (χ4n) is 5.97. The lowest BCUT2D eigenvalue weighted by molar-refractivity contribution is -0.139. The second-order valence-corrected chi connectivity index (χ2v) is 12.8. The number of hydrogen-bond donors (Lipinski definition) is 2. The van der Waals surface area contributed by atoms with Crippen LogP contribution in [-0.2, 0) is 33.4 Å². The van der Waals surface area contributed by atoms with Crippen molar-refractivity contribution in [3.8, 4) is 0 Å². The molecule has 0 heterocycles. The summed E-state index contributed by atoms with van der Waals surface area (Å²) in [5.74, 6) is -1.88. The minimum absolute atomic E-state index is 0.0885. The number of nitrogens with one attached hydrogen (secondary N) is 2. The molecule has 2 N–H and O–H groups in total. The van der Waals surface area contributed by atoms with Crippen molar-refractivity contribution in [1.29, 1.82) is 0 Å². The lowest BCUT2D eigenvalue weighted by Gasteiger charge is -2.38. The van der Waals surface area contributed by atoms with E-state index >= 15 is 0 Å². The summed E-state index contributed by atoms with van der Waals surface area (Å²) in [6.07, 6.45) is 25.3. The van der Waals surface area contributed by atoms with E-state index in [1.807, 2.05) is 13.8 Å². The number of rotatable bonds is 27. The predicted molar refractivity (Wildman–Crippen MR) is 188 cm³/mol. The molecule has 0 saturated heterocycles. The van der Waals surface area contributed by atoms with Crippen LogP contribution in [0.25, 0.3) is 0 Å². The van der Waals surface area contributed by atoms with Gasteiger partial charge in [-0.15, -0.1) is 0 Å². The molecule has 0 aromatic heterocycles. The van der Waals surface area contributed by atoms with Gasteiger partial charge in [0.25, 0.3) is 0 Å². The van der Waals surface area contributed by atoms with Crippen molar-refractivity contribution in [2.45, 2.75) is 181 Å². The number of hydrogen-bond acceptors (Lipinski definition) is 7. The largest absolute Gasteiger partial charge is 0.463 e. The summed E-state index contributed by atoms with van der Waals surface area (Å²) in [5.41, 5.74) is 0.372. The van der Waals surface area contributed by atoms with Crippen LogP contribution in [0.15, 0.2) is 23.8 Å². The number of esters is 2. The Morgan fingerprint density at radius 1 is 0.745 bits per heavy atom. The predicted octanol–water partition coefficient (Wildman–Crippen LogP) is 7.80. The minimum Gasteiger partial charge on any atom is -0.463 e. The van der Waals surface area contributed by atoms with Crippen LogP contribution in [0.2, 0.25) is 0 Å². The molecule has 270 valence electrons. The van der Waals surface area contributed by atoms with E-state index in [1.165, 1.54) is 90.4 Å². The average molecular weight is 663 g/mol. The summed E-state index contributed by atoms with van der Waals surface area (Å²) in [6.45, 7) is 9.92. The van der Waals surface area contributed by atoms with Crippen molar-refractivity contribution in [1.82, 2.24) is 10.6 Å². The number of unbranched alkanes of at least 4 members (excludes halogenated alkanes) is 15. The molecule has 9 nitrogen and oxygen atoms in total. The molecule has 0 saturated carbocycles. The Balaban J connectivity index is 2.39. The van der Waals surface area contributed by atoms with Crippen LogP contribution in [0.5, 0.6) is 0 Å². The third-order valence-corrected chi connectivity index (χ3v) is 8.70. The number of carbonyl (C=O) groups is 4. The molecular weight excluding hydrogens is 596 g/mol. The zero-order chi connectivity index (χ0) is 34.7. The van der Waals surface area contributed by atoms with Crippen molar-refractivity contribution in [2.75, 3.05) is 13.2 Å². The second-order valence-electron chi connectivity index (χ2n) is 12.8. The van der Waals surface area contributed by atoms with Gasteiger partial charge in [0, 0.05) is 31.1 Å². The maximum Gasteiger partial charge on any atom is 0.333 e. The topological polar surface area (TPSA) is 120 Å². The van der Waals surface area contributed by atoms with Gasteiger partial charge < -0.3 is 24.8 Å². The summed E-state index contributed by atoms with van der Waals surface area (Å²) >= 11 is 0. The Kier molecular flexibility index (Phi) is 24.6. The van der Waals surface area contributed by atoms with Gasteiger partial charge in [-0.05, 0) is 32.3 Å². The van der Waals surface area contributed by atoms with Crippen molar-refractivity contribution in [3.63, 3.8) is 0 Å². The molecule has 0 fully saturated rings. The van der Waals surface area contributed by atoms with E-state index in [1.54, 1.807) is 13.0 Å². The van der Waals surface area contributed by atoms with Crippen molar-refractivity contribution >= 4 is 23.8 Å². The molecule has 0 unspecified atom stereocenters. The maximum absolute atomic E-state index is 12.8. The standard InChI is InChI=1S/C38H66N2O7/c1-6-10-11-12-13-14-15-16-17-18-19-20-21-22-23-24-27-46-36(43)26-25-35(42)40-33-28-31(38(44)45-9-4)29-34(37(33)39-30(5)41)47-32(7-2)8-3/h25-26,29,32-34,37H,6-24,27-28H2,1-5H3,(H,39,41)(H,40,42)/b26-25+/t33-,34+,37+/m1/s1. The monoisotopic (exact) mass is 662 g/mol. The SMILES string of the molecule is CCCCCCCCCCCCCCCCCCOC(=O)/C=C/C(=O)N[C@@H]1CC(C(=O)OCC)=C[C@H](OC(CC)CC)[C@H]1NC(C)=O. The van der Waals surface area contributed by atoms with Gasteiger partial charge in [0.2, 0.25) is 11.8 Å². The quantitative estimate of drug-likeness (QED) is 0.0523. The minimum atomic E-state index is -0.652. The zero-order valence-corrected chi connectivity index (χ0v) is 30.2. The third kappa shape index (κ3) is 20.3. The highest BCUT2D eigenvalue weighted by atomic mass is 16.5. The molecule has 2 amide bonds. The summed E-state index contributed by atoms with van der Waals surface area (Å²) < 4.78 is 16.7. The van der Waals surface area contributed by atoms with Gasteiger partial charge in [-0.25, -0.2) is 9.59 Å². The first-order chi connectivity index (χ1) is 22.7. The van der Waals surface area contributed by atoms with Crippen LogP contribution < -0.4 is 10.6 Å². The Hall–Kier alpha value is -2.68. The van der Waals surface area contributed by atoms with Gasteiger partial charge >= 0.3 is 11.9 Å². The van der Waals surface area contributed by atoms with Crippen LogP contribution in [0.1, 0.15) is 157 Å². The first-order valence-electron chi connectivity index (χ1n) is 18.7. The molecule has 0 aromatic rings. The molecule has 0 bridgehead atoms. The Labute approximate surface area is 285 Å². The summed E-state index contributed by atoms with van der Waals surface area (Å²) in [7, 11) is 0. The molecular formula is C38H66N2O7. The van der Waals surface area contributed by atoms with E-state index in [0.29, 0.717) is 12.2 Å². The molecule has 1 aliphatic rings. The third-order valence-electron chi connectivity index (χ3n) is 8.70. The molecule has 3 atom stereocenters. The Bertz CT molecular complexity index is 944. The zero-order valence-electron chi connectivity index (χ0n) is 30.2. The van der Waals surface area contributed by atoms with Gasteiger partial charge in [-0.2, -0.15) is 0 Å². The van der Waals surface area contributed by atoms with Gasteiger partial charge in [0.15, 0.2) is 0 Å². The highest BCUT2D eigenvalue weighted by Crippen LogP contribution is 2.25. The van der Waals surface area contributed by atoms with E-state index < -0.39 is 36.0 Å². The fourth-order valence-corrected chi connectivity index (χ4v) is 5.97. The highest BCUT2D eigenvalue weighted by molar-refractivity contribution is 5.95. The van der Waals surface area contributed by atoms with E-state index in [4.69, 9.17) is 14.2 Å². The first kappa shape index (κ1) is 42.3. The average Bonchev–Trinajstić information content (AvgIpc) is 3.05. The van der Waals surface area contributed by atoms with E-state index in [-0.39, 0.29) is 25.0 Å². The first-order valence-corrected chi connectivity index (χ1v) is 18.7. The highest BCUT2D eigenvalue weighted by Gasteiger charge is 2.38. The van der Waals surface area contributed by atoms with E-state index in [2.05, 4.69) is 17.6 Å². The number of carbonyl (C=O) groups excluding carboxylic acids is 4. The van der Waals surface area contributed by atoms with Crippen LogP contribution in [0, 0.1) is 0 Å². The van der Waals surface area contributed by atoms with Crippen LogP contribution in [-0.4, -0.2) is 61.3 Å². The van der Waals surface area contributed by atoms with Crippen molar-refractivity contribution in [3.05, 3.63) is 23.8 Å². The molecule has 1 rings (SSSR count).